The van der Waals surface area contributed by atoms with Crippen LogP contribution in [0, 0.1) is 11.6 Å². The molecule has 0 unspecified atom stereocenters. The summed E-state index contributed by atoms with van der Waals surface area (Å²) >= 11 is 0. The summed E-state index contributed by atoms with van der Waals surface area (Å²) in [5.74, 6) is -2.17. The summed E-state index contributed by atoms with van der Waals surface area (Å²) in [7, 11) is 0. The van der Waals surface area contributed by atoms with Crippen molar-refractivity contribution in [1.29, 1.82) is 0 Å². The highest BCUT2D eigenvalue weighted by molar-refractivity contribution is 5.83. The van der Waals surface area contributed by atoms with Gasteiger partial charge in [0.2, 0.25) is 0 Å². The highest BCUT2D eigenvalue weighted by atomic mass is 19.2. The number of fused-ring (bicyclic) bond motifs is 2. The smallest absolute Gasteiger partial charge is 0.290 e. The molecule has 2 aromatic heterocycles. The second kappa shape index (κ2) is 3.42. The van der Waals surface area contributed by atoms with Crippen LogP contribution in [0.3, 0.4) is 0 Å². The fourth-order valence-electron chi connectivity index (χ4n) is 1.60. The van der Waals surface area contributed by atoms with Gasteiger partial charge >= 0.3 is 5.69 Å². The molecule has 0 spiro atoms. The minimum atomic E-state index is -1.09. The van der Waals surface area contributed by atoms with Gasteiger partial charge < -0.3 is 0 Å². The van der Waals surface area contributed by atoms with E-state index >= 15 is 0 Å². The van der Waals surface area contributed by atoms with Gasteiger partial charge in [-0.15, -0.1) is 0 Å². The van der Waals surface area contributed by atoms with Crippen molar-refractivity contribution >= 4 is 22.2 Å². The standard InChI is InChI=1S/C10H4F2N4O2/c11-3-1-5-6(2-4(3)12)14-8-7(13-5)9(17)16-10(18)15-8/h1-2H,(H2,14,15,16,17,18). The fraction of sp³-hybridized carbons (Fsp3) is 0. The van der Waals surface area contributed by atoms with E-state index in [1.807, 2.05) is 4.98 Å². The quantitative estimate of drug-likeness (QED) is 0.566. The molecule has 90 valence electrons. The first kappa shape index (κ1) is 10.5. The first-order valence-electron chi connectivity index (χ1n) is 4.84. The van der Waals surface area contributed by atoms with Gasteiger partial charge in [-0.3, -0.25) is 14.8 Å². The van der Waals surface area contributed by atoms with Crippen molar-refractivity contribution < 1.29 is 8.78 Å². The Morgan fingerprint density at radius 2 is 1.56 bits per heavy atom. The van der Waals surface area contributed by atoms with E-state index in [0.717, 1.165) is 12.1 Å². The highest BCUT2D eigenvalue weighted by Crippen LogP contribution is 2.16. The van der Waals surface area contributed by atoms with Gasteiger partial charge in [0, 0.05) is 12.1 Å². The van der Waals surface area contributed by atoms with Crippen LogP contribution in [0.4, 0.5) is 8.78 Å². The molecule has 2 heterocycles. The molecule has 8 heteroatoms. The maximum absolute atomic E-state index is 13.0. The van der Waals surface area contributed by atoms with Gasteiger partial charge in [-0.1, -0.05) is 0 Å². The van der Waals surface area contributed by atoms with Crippen molar-refractivity contribution in [3.05, 3.63) is 44.6 Å². The van der Waals surface area contributed by atoms with Crippen molar-refractivity contribution in [2.24, 2.45) is 0 Å². The number of hydrogen-bond acceptors (Lipinski definition) is 4. The molecular weight excluding hydrogens is 246 g/mol. The van der Waals surface area contributed by atoms with Gasteiger partial charge in [0.05, 0.1) is 11.0 Å². The summed E-state index contributed by atoms with van der Waals surface area (Å²) in [4.78, 5) is 34.4. The Balaban J connectivity index is 2.55. The van der Waals surface area contributed by atoms with E-state index in [1.165, 1.54) is 0 Å². The van der Waals surface area contributed by atoms with Gasteiger partial charge in [-0.25, -0.2) is 23.5 Å². The van der Waals surface area contributed by atoms with E-state index in [2.05, 4.69) is 15.0 Å². The van der Waals surface area contributed by atoms with Crippen molar-refractivity contribution in [3.8, 4) is 0 Å². The van der Waals surface area contributed by atoms with E-state index in [1.54, 1.807) is 0 Å². The normalized spacial score (nSPS) is 11.2. The molecular formula is C10H4F2N4O2. The average Bonchev–Trinajstić information content (AvgIpc) is 2.29. The number of rotatable bonds is 0. The number of hydrogen-bond donors (Lipinski definition) is 2. The number of nitrogens with zero attached hydrogens (tertiary/aromatic N) is 2. The molecule has 3 aromatic rings. The van der Waals surface area contributed by atoms with Gasteiger partial charge in [0.25, 0.3) is 5.56 Å². The average molecular weight is 250 g/mol. The van der Waals surface area contributed by atoms with Crippen LogP contribution in [0.5, 0.6) is 0 Å². The van der Waals surface area contributed by atoms with E-state index in [-0.39, 0.29) is 22.2 Å². The summed E-state index contributed by atoms with van der Waals surface area (Å²) in [6.45, 7) is 0. The zero-order chi connectivity index (χ0) is 12.9. The highest BCUT2D eigenvalue weighted by Gasteiger charge is 2.10. The molecule has 0 aliphatic rings. The Morgan fingerprint density at radius 3 is 2.22 bits per heavy atom. The third-order valence-electron chi connectivity index (χ3n) is 2.38. The monoisotopic (exact) mass is 250 g/mol. The SMILES string of the molecule is O=c1[nH]c(=O)c2nc3cc(F)c(F)cc3nc2[nH]1. The summed E-state index contributed by atoms with van der Waals surface area (Å²) in [6.07, 6.45) is 0. The van der Waals surface area contributed by atoms with Crippen LogP contribution in [-0.2, 0) is 0 Å². The Kier molecular flexibility index (Phi) is 2.00. The molecule has 0 aliphatic heterocycles. The lowest BCUT2D eigenvalue weighted by molar-refractivity contribution is 0.510. The number of halogens is 2. The van der Waals surface area contributed by atoms with E-state index in [4.69, 9.17) is 0 Å². The Hall–Kier alpha value is -2.64. The second-order valence-corrected chi connectivity index (χ2v) is 3.58. The van der Waals surface area contributed by atoms with Gasteiger partial charge in [-0.2, -0.15) is 0 Å². The lowest BCUT2D eigenvalue weighted by Crippen LogP contribution is -2.23. The number of aromatic amines is 2. The third-order valence-corrected chi connectivity index (χ3v) is 2.38. The lowest BCUT2D eigenvalue weighted by atomic mass is 10.2. The molecule has 0 bridgehead atoms. The largest absolute Gasteiger partial charge is 0.327 e. The minimum absolute atomic E-state index is 0.0268. The predicted octanol–water partition coefficient (Wildman–Crippen LogP) is 0.438. The van der Waals surface area contributed by atoms with E-state index in [0.29, 0.717) is 0 Å². The zero-order valence-electron chi connectivity index (χ0n) is 8.62. The van der Waals surface area contributed by atoms with Crippen LogP contribution in [0.2, 0.25) is 0 Å². The Labute approximate surface area is 96.3 Å². The molecule has 0 atom stereocenters. The molecule has 6 nitrogen and oxygen atoms in total. The number of H-pyrrole nitrogens is 2. The van der Waals surface area contributed by atoms with Gasteiger partial charge in [0.15, 0.2) is 22.8 Å². The number of nitrogens with one attached hydrogen (secondary N) is 2. The molecule has 0 aliphatic carbocycles. The Morgan fingerprint density at radius 1 is 0.944 bits per heavy atom. The van der Waals surface area contributed by atoms with Crippen molar-refractivity contribution in [1.82, 2.24) is 19.9 Å². The number of benzene rings is 1. The molecule has 3 rings (SSSR count). The molecule has 0 saturated carbocycles. The second-order valence-electron chi connectivity index (χ2n) is 3.58. The van der Waals surface area contributed by atoms with Crippen LogP contribution in [0.25, 0.3) is 22.2 Å². The van der Waals surface area contributed by atoms with Crippen molar-refractivity contribution in [2.75, 3.05) is 0 Å². The molecule has 0 saturated heterocycles. The number of aromatic nitrogens is 4. The fourth-order valence-corrected chi connectivity index (χ4v) is 1.60. The molecule has 0 fully saturated rings. The van der Waals surface area contributed by atoms with Gasteiger partial charge in [-0.05, 0) is 0 Å². The maximum atomic E-state index is 13.0. The van der Waals surface area contributed by atoms with E-state index in [9.17, 15) is 18.4 Å². The summed E-state index contributed by atoms with van der Waals surface area (Å²) < 4.78 is 26.1. The topological polar surface area (TPSA) is 91.5 Å². The van der Waals surface area contributed by atoms with Crippen molar-refractivity contribution in [2.45, 2.75) is 0 Å². The maximum Gasteiger partial charge on any atom is 0.327 e. The van der Waals surface area contributed by atoms with E-state index < -0.39 is 22.9 Å². The molecule has 0 amide bonds. The molecule has 1 aromatic carbocycles. The first-order valence-corrected chi connectivity index (χ1v) is 4.84. The summed E-state index contributed by atoms with van der Waals surface area (Å²) in [5, 5.41) is 0. The van der Waals surface area contributed by atoms with Crippen LogP contribution in [0.15, 0.2) is 21.7 Å². The summed E-state index contributed by atoms with van der Waals surface area (Å²) in [5.41, 5.74) is -1.64. The van der Waals surface area contributed by atoms with Crippen LogP contribution in [-0.4, -0.2) is 19.9 Å². The van der Waals surface area contributed by atoms with Crippen LogP contribution in [0.1, 0.15) is 0 Å². The molecule has 18 heavy (non-hydrogen) atoms. The first-order chi connectivity index (χ1) is 8.54. The molecule has 2 N–H and O–H groups in total. The zero-order valence-corrected chi connectivity index (χ0v) is 8.62. The van der Waals surface area contributed by atoms with Crippen LogP contribution < -0.4 is 11.2 Å². The predicted molar refractivity (Wildman–Crippen MR) is 58.2 cm³/mol. The van der Waals surface area contributed by atoms with Gasteiger partial charge in [0.1, 0.15) is 0 Å². The minimum Gasteiger partial charge on any atom is -0.290 e. The lowest BCUT2D eigenvalue weighted by Gasteiger charge is -2.00. The Bertz CT molecular complexity index is 900. The summed E-state index contributed by atoms with van der Waals surface area (Å²) in [6, 6.07) is 1.68. The third kappa shape index (κ3) is 1.46. The van der Waals surface area contributed by atoms with Crippen LogP contribution >= 0.6 is 0 Å². The molecule has 0 radical (unpaired) electrons. The van der Waals surface area contributed by atoms with Crippen molar-refractivity contribution in [3.63, 3.8) is 0 Å².